The van der Waals surface area contributed by atoms with Crippen LogP contribution in [0, 0.1) is 0 Å². The van der Waals surface area contributed by atoms with E-state index < -0.39 is 5.97 Å². The number of carboxylic acids is 1. The van der Waals surface area contributed by atoms with Gasteiger partial charge in [0, 0.05) is 13.2 Å². The molecule has 0 saturated heterocycles. The van der Waals surface area contributed by atoms with Crippen molar-refractivity contribution in [1.29, 1.82) is 0 Å². The molecule has 0 heterocycles. The highest BCUT2D eigenvalue weighted by atomic mass is 16.5. The Labute approximate surface area is 95.2 Å². The normalized spacial score (nSPS) is 12.4. The van der Waals surface area contributed by atoms with Gasteiger partial charge < -0.3 is 15.2 Å². The van der Waals surface area contributed by atoms with E-state index in [1.165, 1.54) is 0 Å². The maximum absolute atomic E-state index is 10.7. The summed E-state index contributed by atoms with van der Waals surface area (Å²) in [6.07, 6.45) is 0.0835. The van der Waals surface area contributed by atoms with Crippen LogP contribution in [0.4, 0.5) is 0 Å². The van der Waals surface area contributed by atoms with Crippen LogP contribution in [0.15, 0.2) is 24.3 Å². The van der Waals surface area contributed by atoms with E-state index in [0.29, 0.717) is 6.61 Å². The summed E-state index contributed by atoms with van der Waals surface area (Å²) >= 11 is 0. The first-order valence-electron chi connectivity index (χ1n) is 5.14. The first-order valence-corrected chi connectivity index (χ1v) is 5.14. The minimum atomic E-state index is -0.805. The van der Waals surface area contributed by atoms with Crippen LogP contribution >= 0.6 is 0 Å². The third kappa shape index (κ3) is 3.64. The molecule has 4 heteroatoms. The Hall–Kier alpha value is -1.39. The Morgan fingerprint density at radius 1 is 1.44 bits per heavy atom. The second kappa shape index (κ2) is 6.25. The van der Waals surface area contributed by atoms with Crippen molar-refractivity contribution in [3.05, 3.63) is 35.4 Å². The Balaban J connectivity index is 2.73. The lowest BCUT2D eigenvalue weighted by molar-refractivity contribution is -0.137. The topological polar surface area (TPSA) is 58.6 Å². The minimum Gasteiger partial charge on any atom is -0.481 e. The van der Waals surface area contributed by atoms with Crippen molar-refractivity contribution in [2.45, 2.75) is 19.1 Å². The quantitative estimate of drug-likeness (QED) is 0.768. The van der Waals surface area contributed by atoms with Crippen molar-refractivity contribution >= 4 is 5.97 Å². The smallest absolute Gasteiger partial charge is 0.305 e. The molecule has 0 amide bonds. The van der Waals surface area contributed by atoms with Crippen LogP contribution in [0.2, 0.25) is 0 Å². The fourth-order valence-electron chi connectivity index (χ4n) is 1.57. The molecule has 88 valence electrons. The standard InChI is InChI=1S/C12H17NO3/c1-13-11(7-12(14)15)10-5-3-9(4-6-10)8-16-2/h3-6,11,13H,7-8H2,1-2H3,(H,14,15). The molecule has 1 rings (SSSR count). The van der Waals surface area contributed by atoms with Crippen LogP contribution in [-0.4, -0.2) is 25.2 Å². The van der Waals surface area contributed by atoms with Gasteiger partial charge in [0.15, 0.2) is 0 Å². The van der Waals surface area contributed by atoms with E-state index in [1.54, 1.807) is 14.2 Å². The van der Waals surface area contributed by atoms with Crippen LogP contribution in [-0.2, 0) is 16.1 Å². The van der Waals surface area contributed by atoms with Gasteiger partial charge in [-0.2, -0.15) is 0 Å². The second-order valence-electron chi connectivity index (χ2n) is 3.61. The van der Waals surface area contributed by atoms with E-state index in [-0.39, 0.29) is 12.5 Å². The number of ether oxygens (including phenoxy) is 1. The number of rotatable bonds is 6. The van der Waals surface area contributed by atoms with Gasteiger partial charge >= 0.3 is 5.97 Å². The van der Waals surface area contributed by atoms with Crippen molar-refractivity contribution in [3.8, 4) is 0 Å². The number of methoxy groups -OCH3 is 1. The number of hydrogen-bond acceptors (Lipinski definition) is 3. The van der Waals surface area contributed by atoms with E-state index >= 15 is 0 Å². The number of aliphatic carboxylic acids is 1. The molecule has 1 aromatic carbocycles. The maximum Gasteiger partial charge on any atom is 0.305 e. The summed E-state index contributed by atoms with van der Waals surface area (Å²) < 4.78 is 5.01. The van der Waals surface area contributed by atoms with Gasteiger partial charge in [-0.05, 0) is 18.2 Å². The highest BCUT2D eigenvalue weighted by Gasteiger charge is 2.12. The fourth-order valence-corrected chi connectivity index (χ4v) is 1.57. The highest BCUT2D eigenvalue weighted by molar-refractivity contribution is 5.67. The van der Waals surface area contributed by atoms with E-state index in [2.05, 4.69) is 5.32 Å². The van der Waals surface area contributed by atoms with Crippen LogP contribution in [0.5, 0.6) is 0 Å². The van der Waals surface area contributed by atoms with Crippen molar-refractivity contribution in [3.63, 3.8) is 0 Å². The summed E-state index contributed by atoms with van der Waals surface area (Å²) in [7, 11) is 3.41. The van der Waals surface area contributed by atoms with Crippen molar-refractivity contribution in [2.24, 2.45) is 0 Å². The first kappa shape index (κ1) is 12.7. The molecule has 16 heavy (non-hydrogen) atoms. The number of carboxylic acid groups (broad SMARTS) is 1. The predicted octanol–water partition coefficient (Wildman–Crippen LogP) is 1.57. The molecule has 0 saturated carbocycles. The Morgan fingerprint density at radius 2 is 2.06 bits per heavy atom. The molecule has 0 aliphatic carbocycles. The van der Waals surface area contributed by atoms with Crippen molar-refractivity contribution in [1.82, 2.24) is 5.32 Å². The molecule has 2 N–H and O–H groups in total. The minimum absolute atomic E-state index is 0.0835. The lowest BCUT2D eigenvalue weighted by atomic mass is 10.0. The molecule has 0 aliphatic rings. The van der Waals surface area contributed by atoms with Gasteiger partial charge in [0.1, 0.15) is 0 Å². The third-order valence-corrected chi connectivity index (χ3v) is 2.42. The van der Waals surface area contributed by atoms with Gasteiger partial charge in [-0.1, -0.05) is 24.3 Å². The van der Waals surface area contributed by atoms with E-state index in [9.17, 15) is 4.79 Å². The number of hydrogen-bond donors (Lipinski definition) is 2. The van der Waals surface area contributed by atoms with E-state index in [0.717, 1.165) is 11.1 Å². The average molecular weight is 223 g/mol. The summed E-state index contributed by atoms with van der Waals surface area (Å²) in [6, 6.07) is 7.61. The molecular weight excluding hydrogens is 206 g/mol. The second-order valence-corrected chi connectivity index (χ2v) is 3.61. The zero-order chi connectivity index (χ0) is 12.0. The predicted molar refractivity (Wildman–Crippen MR) is 61.2 cm³/mol. The van der Waals surface area contributed by atoms with Gasteiger partial charge in [0.05, 0.1) is 13.0 Å². The molecular formula is C12H17NO3. The average Bonchev–Trinajstić information content (AvgIpc) is 2.27. The molecule has 0 spiro atoms. The zero-order valence-electron chi connectivity index (χ0n) is 9.56. The molecule has 0 bridgehead atoms. The lowest BCUT2D eigenvalue weighted by Crippen LogP contribution is -2.19. The molecule has 1 unspecified atom stereocenters. The SMILES string of the molecule is CNC(CC(=O)O)c1ccc(COC)cc1. The Bertz CT molecular complexity index is 335. The largest absolute Gasteiger partial charge is 0.481 e. The summed E-state index contributed by atoms with van der Waals surface area (Å²) in [5.74, 6) is -0.805. The summed E-state index contributed by atoms with van der Waals surface area (Å²) in [5, 5.41) is 11.7. The Morgan fingerprint density at radius 3 is 2.50 bits per heavy atom. The van der Waals surface area contributed by atoms with Crippen molar-refractivity contribution in [2.75, 3.05) is 14.2 Å². The fraction of sp³-hybridized carbons (Fsp3) is 0.417. The van der Waals surface area contributed by atoms with E-state index in [1.807, 2.05) is 24.3 Å². The monoisotopic (exact) mass is 223 g/mol. The zero-order valence-corrected chi connectivity index (χ0v) is 9.56. The molecule has 0 aromatic heterocycles. The molecule has 1 aromatic rings. The van der Waals surface area contributed by atoms with Gasteiger partial charge in [-0.3, -0.25) is 4.79 Å². The molecule has 1 atom stereocenters. The lowest BCUT2D eigenvalue weighted by Gasteiger charge is -2.14. The first-order chi connectivity index (χ1) is 7.67. The van der Waals surface area contributed by atoms with E-state index in [4.69, 9.17) is 9.84 Å². The maximum atomic E-state index is 10.7. The summed E-state index contributed by atoms with van der Waals surface area (Å²) in [4.78, 5) is 10.7. The van der Waals surface area contributed by atoms with Crippen LogP contribution < -0.4 is 5.32 Å². The van der Waals surface area contributed by atoms with Gasteiger partial charge in [0.25, 0.3) is 0 Å². The van der Waals surface area contributed by atoms with Crippen molar-refractivity contribution < 1.29 is 14.6 Å². The Kier molecular flexibility index (Phi) is 4.95. The molecule has 0 aliphatic heterocycles. The number of carbonyl (C=O) groups is 1. The summed E-state index contributed by atoms with van der Waals surface area (Å²) in [6.45, 7) is 0.573. The van der Waals surface area contributed by atoms with Crippen LogP contribution in [0.25, 0.3) is 0 Å². The number of nitrogens with one attached hydrogen (secondary N) is 1. The molecule has 0 fully saturated rings. The molecule has 0 radical (unpaired) electrons. The van der Waals surface area contributed by atoms with Crippen LogP contribution in [0.3, 0.4) is 0 Å². The number of benzene rings is 1. The summed E-state index contributed by atoms with van der Waals surface area (Å²) in [5.41, 5.74) is 2.06. The van der Waals surface area contributed by atoms with Gasteiger partial charge in [0.2, 0.25) is 0 Å². The molecule has 4 nitrogen and oxygen atoms in total. The van der Waals surface area contributed by atoms with Gasteiger partial charge in [-0.25, -0.2) is 0 Å². The third-order valence-electron chi connectivity index (χ3n) is 2.42. The van der Waals surface area contributed by atoms with Crippen LogP contribution in [0.1, 0.15) is 23.6 Å². The van der Waals surface area contributed by atoms with Gasteiger partial charge in [-0.15, -0.1) is 0 Å². The highest BCUT2D eigenvalue weighted by Crippen LogP contribution is 2.17.